The molecule has 1 rings (SSSR count). The Bertz CT molecular complexity index is 355. The highest BCUT2D eigenvalue weighted by atomic mass is 79.9. The highest BCUT2D eigenvalue weighted by Crippen LogP contribution is 2.26. The van der Waals surface area contributed by atoms with E-state index in [2.05, 4.69) is 21.2 Å². The zero-order chi connectivity index (χ0) is 10.7. The van der Waals surface area contributed by atoms with Crippen LogP contribution in [-0.4, -0.2) is 5.91 Å². The number of halogens is 3. The van der Waals surface area contributed by atoms with Crippen LogP contribution in [0.2, 0.25) is 0 Å². The number of alkyl halides is 2. The molecular weight excluding hydrogens is 256 g/mol. The number of rotatable bonds is 2. The molecule has 76 valence electrons. The molecule has 0 aromatic heterocycles. The van der Waals surface area contributed by atoms with Gasteiger partial charge in [0, 0.05) is 22.6 Å². The fraction of sp³-hybridized carbons (Fsp3) is 0.222. The lowest BCUT2D eigenvalue weighted by Gasteiger charge is -2.06. The first-order valence-corrected chi connectivity index (χ1v) is 4.64. The van der Waals surface area contributed by atoms with Crippen molar-refractivity contribution in [2.24, 2.45) is 0 Å². The van der Waals surface area contributed by atoms with Crippen molar-refractivity contribution in [3.63, 3.8) is 0 Å². The molecular formula is C9H8BrF2NO. The molecule has 1 amide bonds. The number of nitrogens with one attached hydrogen (secondary N) is 1. The molecule has 1 aromatic rings. The van der Waals surface area contributed by atoms with Crippen LogP contribution in [0.5, 0.6) is 0 Å². The molecule has 5 heteroatoms. The van der Waals surface area contributed by atoms with Crippen LogP contribution in [0.4, 0.5) is 14.5 Å². The molecule has 0 aliphatic rings. The fourth-order valence-corrected chi connectivity index (χ4v) is 1.52. The maximum Gasteiger partial charge on any atom is 0.263 e. The van der Waals surface area contributed by atoms with Crippen molar-refractivity contribution in [2.75, 3.05) is 5.32 Å². The molecule has 2 nitrogen and oxygen atoms in total. The van der Waals surface area contributed by atoms with Crippen molar-refractivity contribution < 1.29 is 13.6 Å². The van der Waals surface area contributed by atoms with E-state index in [4.69, 9.17) is 0 Å². The summed E-state index contributed by atoms with van der Waals surface area (Å²) in [4.78, 5) is 10.7. The largest absolute Gasteiger partial charge is 0.326 e. The number of amides is 1. The monoisotopic (exact) mass is 263 g/mol. The molecule has 0 saturated heterocycles. The minimum Gasteiger partial charge on any atom is -0.326 e. The number of hydrogen-bond donors (Lipinski definition) is 1. The van der Waals surface area contributed by atoms with Crippen molar-refractivity contribution in [1.82, 2.24) is 0 Å². The van der Waals surface area contributed by atoms with Gasteiger partial charge >= 0.3 is 0 Å². The van der Waals surface area contributed by atoms with Gasteiger partial charge in [-0.25, -0.2) is 8.78 Å². The molecule has 0 radical (unpaired) electrons. The Balaban J connectivity index is 3.01. The molecule has 0 aliphatic carbocycles. The van der Waals surface area contributed by atoms with Crippen molar-refractivity contribution >= 4 is 27.5 Å². The van der Waals surface area contributed by atoms with Crippen molar-refractivity contribution in [3.8, 4) is 0 Å². The van der Waals surface area contributed by atoms with Gasteiger partial charge in [0.15, 0.2) is 0 Å². The Labute approximate surface area is 88.4 Å². The molecule has 0 bridgehead atoms. The first kappa shape index (κ1) is 11.1. The Kier molecular flexibility index (Phi) is 3.57. The Morgan fingerprint density at radius 2 is 2.07 bits per heavy atom. The number of carbonyl (C=O) groups excluding carboxylic acids is 1. The normalized spacial score (nSPS) is 10.4. The van der Waals surface area contributed by atoms with Gasteiger partial charge in [-0.05, 0) is 18.2 Å². The average Bonchev–Trinajstić information content (AvgIpc) is 2.01. The molecule has 0 fully saturated rings. The summed E-state index contributed by atoms with van der Waals surface area (Å²) in [6, 6.07) is 4.13. The zero-order valence-corrected chi connectivity index (χ0v) is 8.94. The third-order valence-electron chi connectivity index (χ3n) is 1.49. The lowest BCUT2D eigenvalue weighted by Crippen LogP contribution is -2.06. The van der Waals surface area contributed by atoms with Crippen LogP contribution in [0, 0.1) is 0 Å². The fourth-order valence-electron chi connectivity index (χ4n) is 1.01. The van der Waals surface area contributed by atoms with Crippen LogP contribution in [-0.2, 0) is 4.79 Å². The third-order valence-corrected chi connectivity index (χ3v) is 1.95. The van der Waals surface area contributed by atoms with E-state index < -0.39 is 6.43 Å². The van der Waals surface area contributed by atoms with Crippen LogP contribution in [0.1, 0.15) is 18.9 Å². The number of benzene rings is 1. The molecule has 0 unspecified atom stereocenters. The lowest BCUT2D eigenvalue weighted by molar-refractivity contribution is -0.114. The van der Waals surface area contributed by atoms with E-state index >= 15 is 0 Å². The molecule has 1 aromatic carbocycles. The van der Waals surface area contributed by atoms with Gasteiger partial charge in [0.25, 0.3) is 6.43 Å². The van der Waals surface area contributed by atoms with Crippen molar-refractivity contribution in [1.29, 1.82) is 0 Å². The summed E-state index contributed by atoms with van der Waals surface area (Å²) in [7, 11) is 0. The molecule has 0 spiro atoms. The van der Waals surface area contributed by atoms with Crippen LogP contribution in [0.3, 0.4) is 0 Å². The Hall–Kier alpha value is -0.970. The van der Waals surface area contributed by atoms with E-state index in [1.165, 1.54) is 19.1 Å². The molecule has 0 aliphatic heterocycles. The zero-order valence-electron chi connectivity index (χ0n) is 7.35. The second-order valence-corrected chi connectivity index (χ2v) is 3.67. The maximum absolute atomic E-state index is 12.3. The predicted octanol–water partition coefficient (Wildman–Crippen LogP) is 3.35. The maximum atomic E-state index is 12.3. The lowest BCUT2D eigenvalue weighted by atomic mass is 10.2. The van der Waals surface area contributed by atoms with Gasteiger partial charge in [-0.1, -0.05) is 15.9 Å². The van der Waals surface area contributed by atoms with Gasteiger partial charge in [-0.3, -0.25) is 4.79 Å². The number of anilines is 1. The standard InChI is InChI=1S/C9H8BrF2NO/c1-5(14)13-8-3-6(9(11)12)2-7(10)4-8/h2-4,9H,1H3,(H,13,14). The summed E-state index contributed by atoms with van der Waals surface area (Å²) in [6.07, 6.45) is -2.54. The summed E-state index contributed by atoms with van der Waals surface area (Å²) in [5.74, 6) is -0.289. The highest BCUT2D eigenvalue weighted by Gasteiger charge is 2.09. The van der Waals surface area contributed by atoms with Crippen LogP contribution < -0.4 is 5.32 Å². The summed E-state index contributed by atoms with van der Waals surface area (Å²) in [6.45, 7) is 1.32. The van der Waals surface area contributed by atoms with E-state index in [0.29, 0.717) is 10.2 Å². The van der Waals surface area contributed by atoms with Gasteiger partial charge < -0.3 is 5.32 Å². The highest BCUT2D eigenvalue weighted by molar-refractivity contribution is 9.10. The second kappa shape index (κ2) is 4.50. The number of hydrogen-bond acceptors (Lipinski definition) is 1. The minimum atomic E-state index is -2.54. The van der Waals surface area contributed by atoms with Crippen molar-refractivity contribution in [3.05, 3.63) is 28.2 Å². The molecule has 14 heavy (non-hydrogen) atoms. The van der Waals surface area contributed by atoms with Gasteiger partial charge in [-0.2, -0.15) is 0 Å². The van der Waals surface area contributed by atoms with Crippen LogP contribution >= 0.6 is 15.9 Å². The minimum absolute atomic E-state index is 0.122. The molecule has 0 heterocycles. The summed E-state index contributed by atoms with van der Waals surface area (Å²) < 4.78 is 25.2. The van der Waals surface area contributed by atoms with E-state index in [9.17, 15) is 13.6 Å². The average molecular weight is 264 g/mol. The quantitative estimate of drug-likeness (QED) is 0.871. The van der Waals surface area contributed by atoms with Gasteiger partial charge in [0.1, 0.15) is 0 Å². The Morgan fingerprint density at radius 1 is 1.43 bits per heavy atom. The summed E-state index contributed by atoms with van der Waals surface area (Å²) in [5, 5.41) is 2.44. The molecule has 1 N–H and O–H groups in total. The SMILES string of the molecule is CC(=O)Nc1cc(Br)cc(C(F)F)c1. The second-order valence-electron chi connectivity index (χ2n) is 2.76. The molecule has 0 atom stereocenters. The van der Waals surface area contributed by atoms with Crippen molar-refractivity contribution in [2.45, 2.75) is 13.3 Å². The van der Waals surface area contributed by atoms with Crippen LogP contribution in [0.25, 0.3) is 0 Å². The Morgan fingerprint density at radius 3 is 2.57 bits per heavy atom. The summed E-state index contributed by atoms with van der Waals surface area (Å²) in [5.41, 5.74) is 0.241. The first-order valence-electron chi connectivity index (χ1n) is 3.85. The predicted molar refractivity (Wildman–Crippen MR) is 53.4 cm³/mol. The number of carbonyl (C=O) groups is 1. The van der Waals surface area contributed by atoms with Gasteiger partial charge in [0.05, 0.1) is 0 Å². The topological polar surface area (TPSA) is 29.1 Å². The van der Waals surface area contributed by atoms with E-state index in [0.717, 1.165) is 0 Å². The smallest absolute Gasteiger partial charge is 0.263 e. The van der Waals surface area contributed by atoms with E-state index in [1.54, 1.807) is 6.07 Å². The van der Waals surface area contributed by atoms with E-state index in [-0.39, 0.29) is 11.5 Å². The first-order chi connectivity index (χ1) is 6.49. The van der Waals surface area contributed by atoms with E-state index in [1.807, 2.05) is 0 Å². The summed E-state index contributed by atoms with van der Waals surface area (Å²) >= 11 is 3.09. The van der Waals surface area contributed by atoms with Gasteiger partial charge in [0.2, 0.25) is 5.91 Å². The van der Waals surface area contributed by atoms with Gasteiger partial charge in [-0.15, -0.1) is 0 Å². The van der Waals surface area contributed by atoms with Crippen LogP contribution in [0.15, 0.2) is 22.7 Å². The third kappa shape index (κ3) is 3.06. The molecule has 0 saturated carbocycles.